The van der Waals surface area contributed by atoms with Gasteiger partial charge in [0.1, 0.15) is 5.75 Å². The highest BCUT2D eigenvalue weighted by molar-refractivity contribution is 6.32. The number of hydrogen-bond donors (Lipinski definition) is 0. The molecule has 2 nitrogen and oxygen atoms in total. The van der Waals surface area contributed by atoms with E-state index in [1.165, 1.54) is 11.6 Å². The normalized spacial score (nSPS) is 11.6. The maximum atomic E-state index is 13.2. The average molecular weight is 448 g/mol. The molecule has 0 radical (unpaired) electrons. The Morgan fingerprint density at radius 1 is 0.806 bits per heavy atom. The van der Waals surface area contributed by atoms with Gasteiger partial charge in [0.15, 0.2) is 0 Å². The van der Waals surface area contributed by atoms with E-state index in [-0.39, 0.29) is 5.02 Å². The zero-order valence-electron chi connectivity index (χ0n) is 17.1. The number of para-hydroxylation sites is 1. The Labute approximate surface area is 186 Å². The summed E-state index contributed by atoms with van der Waals surface area (Å²) < 4.78 is 45.4. The molecule has 3 aromatic rings. The van der Waals surface area contributed by atoms with Crippen LogP contribution in [0.15, 0.2) is 78.9 Å². The highest BCUT2D eigenvalue weighted by Crippen LogP contribution is 2.36. The van der Waals surface area contributed by atoms with E-state index in [0.717, 1.165) is 24.7 Å². The van der Waals surface area contributed by atoms with Crippen LogP contribution in [-0.4, -0.2) is 24.6 Å². The molecule has 3 rings (SSSR count). The Morgan fingerprint density at radius 3 is 2.16 bits per heavy atom. The van der Waals surface area contributed by atoms with Gasteiger partial charge in [0.25, 0.3) is 0 Å². The van der Waals surface area contributed by atoms with Crippen LogP contribution in [0.4, 0.5) is 13.2 Å². The standard InChI is InChI=1S/C25H25ClF3NO/c26-24-21(11-7-14-23(24)25(27,28)29)19-30(17-15-20-9-3-1-4-10-20)16-8-18-31-22-12-5-2-6-13-22/h1-7,9-14H,8,15-19H2. The number of alkyl halides is 3. The maximum Gasteiger partial charge on any atom is 0.417 e. The van der Waals surface area contributed by atoms with Crippen molar-refractivity contribution in [2.45, 2.75) is 25.6 Å². The monoisotopic (exact) mass is 447 g/mol. The molecule has 3 aromatic carbocycles. The van der Waals surface area contributed by atoms with Gasteiger partial charge in [-0.25, -0.2) is 0 Å². The van der Waals surface area contributed by atoms with Crippen LogP contribution in [0.1, 0.15) is 23.1 Å². The third-order valence-corrected chi connectivity index (χ3v) is 5.41. The Hall–Kier alpha value is -2.50. The second-order valence-electron chi connectivity index (χ2n) is 7.30. The highest BCUT2D eigenvalue weighted by Gasteiger charge is 2.33. The van der Waals surface area contributed by atoms with Gasteiger partial charge in [0.05, 0.1) is 17.2 Å². The zero-order valence-corrected chi connectivity index (χ0v) is 17.9. The first kappa shape index (κ1) is 23.2. The number of halogens is 4. The Morgan fingerprint density at radius 2 is 1.48 bits per heavy atom. The number of benzene rings is 3. The lowest BCUT2D eigenvalue weighted by atomic mass is 10.1. The topological polar surface area (TPSA) is 12.5 Å². The molecule has 0 spiro atoms. The molecule has 0 saturated heterocycles. The molecule has 0 N–H and O–H groups in total. The van der Waals surface area contributed by atoms with Crippen molar-refractivity contribution in [1.82, 2.24) is 4.90 Å². The molecule has 0 fully saturated rings. The van der Waals surface area contributed by atoms with Crippen molar-refractivity contribution in [3.63, 3.8) is 0 Å². The number of nitrogens with zero attached hydrogens (tertiary/aromatic N) is 1. The molecule has 0 saturated carbocycles. The summed E-state index contributed by atoms with van der Waals surface area (Å²) in [5, 5.41) is -0.222. The van der Waals surface area contributed by atoms with Crippen molar-refractivity contribution in [3.05, 3.63) is 101 Å². The summed E-state index contributed by atoms with van der Waals surface area (Å²) in [6.07, 6.45) is -2.91. The maximum absolute atomic E-state index is 13.2. The van der Waals surface area contributed by atoms with E-state index in [4.69, 9.17) is 16.3 Å². The lowest BCUT2D eigenvalue weighted by Gasteiger charge is -2.24. The molecule has 0 atom stereocenters. The largest absolute Gasteiger partial charge is 0.494 e. The number of ether oxygens (including phenoxy) is 1. The first-order valence-electron chi connectivity index (χ1n) is 10.2. The predicted octanol–water partition coefficient (Wildman–Crippen LogP) is 6.87. The molecule has 0 unspecified atom stereocenters. The summed E-state index contributed by atoms with van der Waals surface area (Å²) in [7, 11) is 0. The van der Waals surface area contributed by atoms with Crippen molar-refractivity contribution in [3.8, 4) is 5.75 Å². The van der Waals surface area contributed by atoms with Gasteiger partial charge in [0, 0.05) is 19.6 Å². The van der Waals surface area contributed by atoms with E-state index in [0.29, 0.717) is 31.8 Å². The van der Waals surface area contributed by atoms with Crippen LogP contribution in [0, 0.1) is 0 Å². The van der Waals surface area contributed by atoms with Gasteiger partial charge in [-0.05, 0) is 42.2 Å². The van der Waals surface area contributed by atoms with Gasteiger partial charge in [-0.1, -0.05) is 72.3 Å². The van der Waals surface area contributed by atoms with Crippen molar-refractivity contribution in [2.24, 2.45) is 0 Å². The predicted molar refractivity (Wildman–Crippen MR) is 118 cm³/mol. The van der Waals surface area contributed by atoms with Crippen LogP contribution in [0.3, 0.4) is 0 Å². The third-order valence-electron chi connectivity index (χ3n) is 4.97. The lowest BCUT2D eigenvalue weighted by molar-refractivity contribution is -0.137. The minimum absolute atomic E-state index is 0.222. The zero-order chi connectivity index (χ0) is 22.1. The van der Waals surface area contributed by atoms with Gasteiger partial charge in [-0.15, -0.1) is 0 Å². The summed E-state index contributed by atoms with van der Waals surface area (Å²) in [6.45, 7) is 2.28. The highest BCUT2D eigenvalue weighted by atomic mass is 35.5. The van der Waals surface area contributed by atoms with Gasteiger partial charge in [0.2, 0.25) is 0 Å². The summed E-state index contributed by atoms with van der Waals surface area (Å²) in [4.78, 5) is 2.13. The molecule has 31 heavy (non-hydrogen) atoms. The summed E-state index contributed by atoms with van der Waals surface area (Å²) >= 11 is 6.12. The molecular formula is C25H25ClF3NO. The van der Waals surface area contributed by atoms with Gasteiger partial charge in [-0.3, -0.25) is 4.90 Å². The smallest absolute Gasteiger partial charge is 0.417 e. The molecule has 0 aliphatic carbocycles. The fourth-order valence-corrected chi connectivity index (χ4v) is 3.65. The summed E-state index contributed by atoms with van der Waals surface area (Å²) in [5.74, 6) is 0.805. The van der Waals surface area contributed by atoms with E-state index in [1.807, 2.05) is 60.7 Å². The lowest BCUT2D eigenvalue weighted by Crippen LogP contribution is -2.28. The first-order valence-corrected chi connectivity index (χ1v) is 10.6. The summed E-state index contributed by atoms with van der Waals surface area (Å²) in [6, 6.07) is 23.7. The van der Waals surface area contributed by atoms with Crippen LogP contribution in [0.2, 0.25) is 5.02 Å². The first-order chi connectivity index (χ1) is 14.9. The quantitative estimate of drug-likeness (QED) is 0.314. The van der Waals surface area contributed by atoms with Crippen LogP contribution in [0.5, 0.6) is 5.75 Å². The molecule has 0 amide bonds. The Bertz CT molecular complexity index is 933. The minimum atomic E-state index is -4.47. The molecular weight excluding hydrogens is 423 g/mol. The second-order valence-corrected chi connectivity index (χ2v) is 7.68. The van der Waals surface area contributed by atoms with Gasteiger partial charge >= 0.3 is 6.18 Å². The molecule has 0 aromatic heterocycles. The van der Waals surface area contributed by atoms with E-state index < -0.39 is 11.7 Å². The van der Waals surface area contributed by atoms with Crippen LogP contribution in [-0.2, 0) is 19.1 Å². The Kier molecular flexibility index (Phi) is 8.38. The molecule has 0 heterocycles. The molecule has 0 aliphatic heterocycles. The SMILES string of the molecule is FC(F)(F)c1cccc(CN(CCCOc2ccccc2)CCc2ccccc2)c1Cl. The number of hydrogen-bond acceptors (Lipinski definition) is 2. The van der Waals surface area contributed by atoms with Crippen LogP contribution < -0.4 is 4.74 Å². The van der Waals surface area contributed by atoms with E-state index in [2.05, 4.69) is 4.90 Å². The number of rotatable bonds is 10. The van der Waals surface area contributed by atoms with E-state index >= 15 is 0 Å². The van der Waals surface area contributed by atoms with E-state index in [1.54, 1.807) is 6.07 Å². The molecule has 0 bridgehead atoms. The summed E-state index contributed by atoms with van der Waals surface area (Å²) in [5.41, 5.74) is 0.874. The van der Waals surface area contributed by atoms with Crippen LogP contribution in [0.25, 0.3) is 0 Å². The van der Waals surface area contributed by atoms with Crippen molar-refractivity contribution >= 4 is 11.6 Å². The molecule has 164 valence electrons. The van der Waals surface area contributed by atoms with Crippen LogP contribution >= 0.6 is 11.6 Å². The van der Waals surface area contributed by atoms with Crippen molar-refractivity contribution in [1.29, 1.82) is 0 Å². The van der Waals surface area contributed by atoms with Gasteiger partial charge in [-0.2, -0.15) is 13.2 Å². The average Bonchev–Trinajstić information content (AvgIpc) is 2.76. The van der Waals surface area contributed by atoms with E-state index in [9.17, 15) is 13.2 Å². The van der Waals surface area contributed by atoms with Crippen molar-refractivity contribution < 1.29 is 17.9 Å². The third kappa shape index (κ3) is 7.30. The fourth-order valence-electron chi connectivity index (χ4n) is 3.36. The fraction of sp³-hybridized carbons (Fsp3) is 0.280. The Balaban J connectivity index is 1.65. The van der Waals surface area contributed by atoms with Gasteiger partial charge < -0.3 is 4.74 Å². The minimum Gasteiger partial charge on any atom is -0.494 e. The van der Waals surface area contributed by atoms with Crippen molar-refractivity contribution in [2.75, 3.05) is 19.7 Å². The molecule has 6 heteroatoms. The molecule has 0 aliphatic rings. The second kappa shape index (κ2) is 11.2.